The number of nitrogens with zero attached hydrogens (tertiary/aromatic N) is 2. The number of methoxy groups -OCH3 is 2. The molecule has 0 bridgehead atoms. The molecule has 2 aromatic carbocycles. The first-order chi connectivity index (χ1) is 14.0. The van der Waals surface area contributed by atoms with Gasteiger partial charge in [0.15, 0.2) is 16.7 Å². The van der Waals surface area contributed by atoms with E-state index >= 15 is 0 Å². The Bertz CT molecular complexity index is 951. The molecule has 1 saturated heterocycles. The number of para-hydroxylation sites is 1. The van der Waals surface area contributed by atoms with Crippen molar-refractivity contribution in [1.82, 2.24) is 4.90 Å². The molecule has 0 N–H and O–H groups in total. The Morgan fingerprint density at radius 3 is 2.48 bits per heavy atom. The third kappa shape index (κ3) is 4.48. The summed E-state index contributed by atoms with van der Waals surface area (Å²) in [7, 11) is 3.19. The highest BCUT2D eigenvalue weighted by Crippen LogP contribution is 2.39. The second kappa shape index (κ2) is 9.18. The van der Waals surface area contributed by atoms with E-state index in [4.69, 9.17) is 14.5 Å². The monoisotopic (exact) mass is 410 g/mol. The number of amidine groups is 1. The van der Waals surface area contributed by atoms with Gasteiger partial charge in [-0.15, -0.1) is 0 Å². The third-order valence-corrected chi connectivity index (χ3v) is 5.83. The van der Waals surface area contributed by atoms with E-state index in [2.05, 4.69) is 6.92 Å². The van der Waals surface area contributed by atoms with Gasteiger partial charge in [-0.25, -0.2) is 4.99 Å². The first-order valence-corrected chi connectivity index (χ1v) is 10.4. The lowest BCUT2D eigenvalue weighted by Gasteiger charge is -2.22. The molecular weight excluding hydrogens is 384 g/mol. The Hall–Kier alpha value is -2.73. The van der Waals surface area contributed by atoms with Gasteiger partial charge in [0.25, 0.3) is 5.91 Å². The topological polar surface area (TPSA) is 51.1 Å². The minimum atomic E-state index is -0.0416. The SMILES string of the molecule is CC[C@@H](C)N1C(=O)/C(=C\c2cccc(OC)c2OC)SC1=Nc1ccc(C)cc1. The number of ether oxygens (including phenoxy) is 2. The first kappa shape index (κ1) is 21.0. The van der Waals surface area contributed by atoms with Gasteiger partial charge in [0, 0.05) is 11.6 Å². The van der Waals surface area contributed by atoms with Crippen LogP contribution in [0.15, 0.2) is 52.4 Å². The van der Waals surface area contributed by atoms with E-state index in [0.29, 0.717) is 21.6 Å². The molecular formula is C23H26N2O3S. The van der Waals surface area contributed by atoms with Crippen molar-refractivity contribution >= 4 is 34.6 Å². The van der Waals surface area contributed by atoms with E-state index in [-0.39, 0.29) is 11.9 Å². The highest BCUT2D eigenvalue weighted by atomic mass is 32.2. The molecule has 0 saturated carbocycles. The predicted molar refractivity (Wildman–Crippen MR) is 120 cm³/mol. The average Bonchev–Trinajstić information content (AvgIpc) is 3.03. The van der Waals surface area contributed by atoms with Gasteiger partial charge in [-0.1, -0.05) is 36.8 Å². The summed E-state index contributed by atoms with van der Waals surface area (Å²) in [6.07, 6.45) is 2.69. The summed E-state index contributed by atoms with van der Waals surface area (Å²) >= 11 is 1.39. The number of aryl methyl sites for hydroxylation is 1. The largest absolute Gasteiger partial charge is 0.493 e. The van der Waals surface area contributed by atoms with Crippen LogP contribution >= 0.6 is 11.8 Å². The van der Waals surface area contributed by atoms with E-state index in [1.54, 1.807) is 19.1 Å². The molecule has 2 aromatic rings. The molecule has 0 unspecified atom stereocenters. The Morgan fingerprint density at radius 2 is 1.86 bits per heavy atom. The maximum absolute atomic E-state index is 13.2. The number of carbonyl (C=O) groups is 1. The average molecular weight is 411 g/mol. The number of hydrogen-bond donors (Lipinski definition) is 0. The quantitative estimate of drug-likeness (QED) is 0.597. The zero-order valence-electron chi connectivity index (χ0n) is 17.4. The van der Waals surface area contributed by atoms with Crippen molar-refractivity contribution in [3.8, 4) is 11.5 Å². The number of carbonyl (C=O) groups excluding carboxylic acids is 1. The molecule has 1 aliphatic rings. The second-order valence-electron chi connectivity index (χ2n) is 6.86. The van der Waals surface area contributed by atoms with Crippen LogP contribution in [0.25, 0.3) is 6.08 Å². The molecule has 0 aromatic heterocycles. The van der Waals surface area contributed by atoms with E-state index in [1.165, 1.54) is 17.3 Å². The summed E-state index contributed by atoms with van der Waals surface area (Å²) in [5.74, 6) is 1.19. The first-order valence-electron chi connectivity index (χ1n) is 9.58. The predicted octanol–water partition coefficient (Wildman–Crippen LogP) is 5.41. The second-order valence-corrected chi connectivity index (χ2v) is 7.86. The molecule has 1 amide bonds. The highest BCUT2D eigenvalue weighted by Gasteiger charge is 2.36. The van der Waals surface area contributed by atoms with Gasteiger partial charge in [-0.2, -0.15) is 0 Å². The zero-order valence-corrected chi connectivity index (χ0v) is 18.2. The minimum absolute atomic E-state index is 0.0416. The number of hydrogen-bond acceptors (Lipinski definition) is 5. The van der Waals surface area contributed by atoms with Crippen molar-refractivity contribution in [3.05, 3.63) is 58.5 Å². The van der Waals surface area contributed by atoms with E-state index in [1.807, 2.05) is 62.4 Å². The molecule has 5 nitrogen and oxygen atoms in total. The number of aliphatic imine (C=N–C) groups is 1. The molecule has 0 spiro atoms. The van der Waals surface area contributed by atoms with Crippen LogP contribution in [0.4, 0.5) is 5.69 Å². The molecule has 0 aliphatic carbocycles. The van der Waals surface area contributed by atoms with Gasteiger partial charge in [-0.3, -0.25) is 9.69 Å². The van der Waals surface area contributed by atoms with Gasteiger partial charge in [0.05, 0.1) is 24.8 Å². The van der Waals surface area contributed by atoms with E-state index in [9.17, 15) is 4.79 Å². The summed E-state index contributed by atoms with van der Waals surface area (Å²) in [4.78, 5) is 20.4. The normalized spacial score (nSPS) is 17.8. The maximum atomic E-state index is 13.2. The third-order valence-electron chi connectivity index (χ3n) is 4.85. The van der Waals surface area contributed by atoms with Crippen LogP contribution < -0.4 is 9.47 Å². The van der Waals surface area contributed by atoms with Gasteiger partial charge in [0.1, 0.15) is 0 Å². The van der Waals surface area contributed by atoms with Gasteiger partial charge in [0.2, 0.25) is 0 Å². The van der Waals surface area contributed by atoms with Gasteiger partial charge >= 0.3 is 0 Å². The van der Waals surface area contributed by atoms with E-state index in [0.717, 1.165) is 17.7 Å². The van der Waals surface area contributed by atoms with Gasteiger partial charge < -0.3 is 9.47 Å². The Kier molecular flexibility index (Phi) is 6.64. The highest BCUT2D eigenvalue weighted by molar-refractivity contribution is 8.18. The van der Waals surface area contributed by atoms with Crippen LogP contribution in [0.1, 0.15) is 31.4 Å². The fourth-order valence-electron chi connectivity index (χ4n) is 3.03. The minimum Gasteiger partial charge on any atom is -0.493 e. The molecule has 3 rings (SSSR count). The van der Waals surface area contributed by atoms with E-state index < -0.39 is 0 Å². The van der Waals surface area contributed by atoms with Crippen molar-refractivity contribution in [3.63, 3.8) is 0 Å². The zero-order chi connectivity index (χ0) is 21.0. The van der Waals surface area contributed by atoms with Crippen molar-refractivity contribution < 1.29 is 14.3 Å². The summed E-state index contributed by atoms with van der Waals surface area (Å²) in [6, 6.07) is 13.6. The Labute approximate surface area is 176 Å². The van der Waals surface area contributed by atoms with Crippen LogP contribution in [-0.4, -0.2) is 36.2 Å². The van der Waals surface area contributed by atoms with Crippen LogP contribution in [0.3, 0.4) is 0 Å². The summed E-state index contributed by atoms with van der Waals surface area (Å²) in [5, 5.41) is 0.696. The molecule has 1 heterocycles. The number of benzene rings is 2. The smallest absolute Gasteiger partial charge is 0.267 e. The molecule has 1 aliphatic heterocycles. The summed E-state index contributed by atoms with van der Waals surface area (Å²) in [6.45, 7) is 6.15. The molecule has 1 atom stereocenters. The number of amides is 1. The standard InChI is InChI=1S/C23H26N2O3S/c1-6-16(3)25-22(26)20(14-17-8-7-9-19(27-4)21(17)28-5)29-23(25)24-18-12-10-15(2)11-13-18/h7-14,16H,6H2,1-5H3/b20-14+,24-23?/t16-/m1/s1. The molecule has 1 fully saturated rings. The van der Waals surface area contributed by atoms with Crippen LogP contribution in [0.2, 0.25) is 0 Å². The Morgan fingerprint density at radius 1 is 1.14 bits per heavy atom. The lowest BCUT2D eigenvalue weighted by atomic mass is 10.1. The fourth-order valence-corrected chi connectivity index (χ4v) is 4.11. The summed E-state index contributed by atoms with van der Waals surface area (Å²) < 4.78 is 10.9. The Balaban J connectivity index is 2.03. The number of thioether (sulfide) groups is 1. The van der Waals surface area contributed by atoms with Crippen molar-refractivity contribution in [2.24, 2.45) is 4.99 Å². The molecule has 6 heteroatoms. The van der Waals surface area contributed by atoms with Crippen molar-refractivity contribution in [2.75, 3.05) is 14.2 Å². The lowest BCUT2D eigenvalue weighted by molar-refractivity contribution is -0.123. The van der Waals surface area contributed by atoms with Crippen molar-refractivity contribution in [2.45, 2.75) is 33.2 Å². The molecule has 29 heavy (non-hydrogen) atoms. The number of rotatable bonds is 6. The molecule has 152 valence electrons. The molecule has 0 radical (unpaired) electrons. The maximum Gasteiger partial charge on any atom is 0.267 e. The van der Waals surface area contributed by atoms with Crippen LogP contribution in [-0.2, 0) is 4.79 Å². The van der Waals surface area contributed by atoms with Crippen LogP contribution in [0, 0.1) is 6.92 Å². The van der Waals surface area contributed by atoms with Gasteiger partial charge in [-0.05, 0) is 56.3 Å². The summed E-state index contributed by atoms with van der Waals surface area (Å²) in [5.41, 5.74) is 2.80. The van der Waals surface area contributed by atoms with Crippen LogP contribution in [0.5, 0.6) is 11.5 Å². The lowest BCUT2D eigenvalue weighted by Crippen LogP contribution is -2.36. The fraction of sp³-hybridized carbons (Fsp3) is 0.304. The van der Waals surface area contributed by atoms with Crippen molar-refractivity contribution in [1.29, 1.82) is 0 Å².